The number of aliphatic imine (C=N–C) groups is 1. The number of aromatic nitrogens is 1. The number of hydrogen-bond acceptors (Lipinski definition) is 4. The van der Waals surface area contributed by atoms with E-state index in [1.807, 2.05) is 12.4 Å². The monoisotopic (exact) mass is 334 g/mol. The van der Waals surface area contributed by atoms with E-state index in [1.165, 1.54) is 43.5 Å². The summed E-state index contributed by atoms with van der Waals surface area (Å²) in [4.78, 5) is 13.9. The number of benzene rings is 1. The van der Waals surface area contributed by atoms with Crippen LogP contribution in [0, 0.1) is 0 Å². The molecule has 0 aliphatic carbocycles. The van der Waals surface area contributed by atoms with Crippen molar-refractivity contribution in [2.24, 2.45) is 4.99 Å². The first-order chi connectivity index (χ1) is 12.4. The maximum Gasteiger partial charge on any atom is 0.0860 e. The van der Waals surface area contributed by atoms with E-state index in [-0.39, 0.29) is 0 Å². The number of nitrogens with zero attached hydrogens (tertiary/aromatic N) is 4. The summed E-state index contributed by atoms with van der Waals surface area (Å²) in [7, 11) is 0. The van der Waals surface area contributed by atoms with Crippen LogP contribution in [0.5, 0.6) is 0 Å². The normalized spacial score (nSPS) is 19.5. The molecule has 1 atom stereocenters. The van der Waals surface area contributed by atoms with Crippen molar-refractivity contribution < 1.29 is 0 Å². The topological polar surface area (TPSA) is 31.7 Å². The van der Waals surface area contributed by atoms with Crippen LogP contribution in [0.3, 0.4) is 0 Å². The molecule has 25 heavy (non-hydrogen) atoms. The van der Waals surface area contributed by atoms with Gasteiger partial charge >= 0.3 is 0 Å². The minimum atomic E-state index is 0.431. The highest BCUT2D eigenvalue weighted by Crippen LogP contribution is 2.33. The highest BCUT2D eigenvalue weighted by Gasteiger charge is 2.29. The summed E-state index contributed by atoms with van der Waals surface area (Å²) in [5.41, 5.74) is 3.82. The second-order valence-corrected chi connectivity index (χ2v) is 6.99. The Bertz CT molecular complexity index is 713. The number of fused-ring (bicyclic) bond motifs is 3. The van der Waals surface area contributed by atoms with Gasteiger partial charge in [0.05, 0.1) is 17.4 Å². The molecule has 1 fully saturated rings. The van der Waals surface area contributed by atoms with E-state index >= 15 is 0 Å². The third-order valence-electron chi connectivity index (χ3n) is 5.27. The summed E-state index contributed by atoms with van der Waals surface area (Å²) in [5.74, 6) is 0. The van der Waals surface area contributed by atoms with Gasteiger partial charge in [-0.2, -0.15) is 0 Å². The van der Waals surface area contributed by atoms with Crippen molar-refractivity contribution in [3.63, 3.8) is 0 Å². The van der Waals surface area contributed by atoms with Gasteiger partial charge in [-0.05, 0) is 55.6 Å². The summed E-state index contributed by atoms with van der Waals surface area (Å²) in [5, 5.41) is 0. The third kappa shape index (κ3) is 3.90. The number of pyridine rings is 1. The number of piperazine rings is 1. The van der Waals surface area contributed by atoms with Crippen LogP contribution in [0.4, 0.5) is 11.4 Å². The van der Waals surface area contributed by atoms with Crippen LogP contribution in [0.15, 0.2) is 53.8 Å². The molecule has 3 heterocycles. The lowest BCUT2D eigenvalue weighted by Crippen LogP contribution is -2.55. The predicted molar refractivity (Wildman–Crippen MR) is 104 cm³/mol. The van der Waals surface area contributed by atoms with Crippen LogP contribution >= 0.6 is 0 Å². The van der Waals surface area contributed by atoms with Gasteiger partial charge in [-0.15, -0.1) is 0 Å². The number of anilines is 1. The molecule has 2 aliphatic rings. The Hall–Kier alpha value is -2.20. The number of para-hydroxylation sites is 2. The molecular weight excluding hydrogens is 308 g/mol. The molecule has 1 unspecified atom stereocenters. The van der Waals surface area contributed by atoms with E-state index < -0.39 is 0 Å². The largest absolute Gasteiger partial charge is 0.359 e. The third-order valence-corrected chi connectivity index (χ3v) is 5.27. The molecule has 0 amide bonds. The smallest absolute Gasteiger partial charge is 0.0860 e. The average Bonchev–Trinajstić information content (AvgIpc) is 2.68. The van der Waals surface area contributed by atoms with Crippen LogP contribution in [0.1, 0.15) is 24.8 Å². The molecule has 1 aromatic carbocycles. The lowest BCUT2D eigenvalue weighted by Gasteiger charge is -2.43. The van der Waals surface area contributed by atoms with E-state index in [0.29, 0.717) is 6.04 Å². The van der Waals surface area contributed by atoms with Crippen LogP contribution < -0.4 is 4.90 Å². The summed E-state index contributed by atoms with van der Waals surface area (Å²) >= 11 is 0. The van der Waals surface area contributed by atoms with Crippen molar-refractivity contribution >= 4 is 17.6 Å². The van der Waals surface area contributed by atoms with Crippen molar-refractivity contribution in [2.75, 3.05) is 31.1 Å². The Labute approximate surface area is 150 Å². The first-order valence-corrected chi connectivity index (χ1v) is 9.41. The van der Waals surface area contributed by atoms with Crippen molar-refractivity contribution in [1.82, 2.24) is 9.88 Å². The van der Waals surface area contributed by atoms with Crippen LogP contribution in [0.25, 0.3) is 0 Å². The molecule has 2 aliphatic heterocycles. The molecule has 2 aromatic rings. The molecule has 130 valence electrons. The van der Waals surface area contributed by atoms with E-state index in [9.17, 15) is 0 Å². The summed E-state index contributed by atoms with van der Waals surface area (Å²) in [6.07, 6.45) is 10.9. The summed E-state index contributed by atoms with van der Waals surface area (Å²) in [6, 6.07) is 13.2. The maximum absolute atomic E-state index is 4.66. The zero-order valence-electron chi connectivity index (χ0n) is 14.7. The van der Waals surface area contributed by atoms with Gasteiger partial charge in [-0.3, -0.25) is 14.9 Å². The highest BCUT2D eigenvalue weighted by molar-refractivity contribution is 5.84. The zero-order valence-corrected chi connectivity index (χ0v) is 14.7. The average molecular weight is 334 g/mol. The van der Waals surface area contributed by atoms with E-state index in [4.69, 9.17) is 0 Å². The number of unbranched alkanes of at least 4 members (excludes halogenated alkanes) is 2. The lowest BCUT2D eigenvalue weighted by molar-refractivity contribution is 0.239. The fraction of sp³-hybridized carbons (Fsp3) is 0.429. The van der Waals surface area contributed by atoms with Gasteiger partial charge < -0.3 is 4.90 Å². The molecule has 4 rings (SSSR count). The van der Waals surface area contributed by atoms with Crippen molar-refractivity contribution in [2.45, 2.75) is 31.7 Å². The van der Waals surface area contributed by atoms with Crippen LogP contribution in [0.2, 0.25) is 0 Å². The van der Waals surface area contributed by atoms with E-state index in [0.717, 1.165) is 25.3 Å². The molecule has 0 bridgehead atoms. The fourth-order valence-electron chi connectivity index (χ4n) is 3.87. The quantitative estimate of drug-likeness (QED) is 0.755. The van der Waals surface area contributed by atoms with Gasteiger partial charge in [-0.1, -0.05) is 18.6 Å². The molecule has 0 N–H and O–H groups in total. The zero-order chi connectivity index (χ0) is 16.9. The Morgan fingerprint density at radius 1 is 0.960 bits per heavy atom. The summed E-state index contributed by atoms with van der Waals surface area (Å²) < 4.78 is 0. The van der Waals surface area contributed by atoms with Gasteiger partial charge in [-0.25, -0.2) is 0 Å². The molecule has 0 spiro atoms. The van der Waals surface area contributed by atoms with Crippen molar-refractivity contribution in [1.29, 1.82) is 0 Å². The maximum atomic E-state index is 4.66. The van der Waals surface area contributed by atoms with Gasteiger partial charge in [0.2, 0.25) is 0 Å². The second-order valence-electron chi connectivity index (χ2n) is 6.99. The van der Waals surface area contributed by atoms with E-state index in [1.54, 1.807) is 0 Å². The molecule has 4 nitrogen and oxygen atoms in total. The lowest BCUT2D eigenvalue weighted by atomic mass is 10.1. The Morgan fingerprint density at radius 2 is 1.84 bits per heavy atom. The Balaban J connectivity index is 1.21. The van der Waals surface area contributed by atoms with Gasteiger partial charge in [0, 0.05) is 38.2 Å². The molecule has 4 heteroatoms. The van der Waals surface area contributed by atoms with Crippen molar-refractivity contribution in [3.8, 4) is 0 Å². The molecule has 0 radical (unpaired) electrons. The van der Waals surface area contributed by atoms with Gasteiger partial charge in [0.25, 0.3) is 0 Å². The second kappa shape index (κ2) is 7.79. The first kappa shape index (κ1) is 16.3. The molecule has 1 aromatic heterocycles. The molecule has 1 saturated heterocycles. The molecule has 0 saturated carbocycles. The van der Waals surface area contributed by atoms with Crippen LogP contribution in [-0.4, -0.2) is 48.3 Å². The number of rotatable bonds is 6. The fourth-order valence-corrected chi connectivity index (χ4v) is 3.87. The highest BCUT2D eigenvalue weighted by atomic mass is 15.3. The minimum absolute atomic E-state index is 0.431. The standard InChI is InChI=1S/C21H26N4/c1(2-6-18-9-11-22-12-10-18)5-13-24-14-15-25-19(17-24)16-23-20-7-3-4-8-21(20)25/h3-4,7-12,16,19H,1-2,5-6,13-15,17H2. The summed E-state index contributed by atoms with van der Waals surface area (Å²) in [6.45, 7) is 4.56. The first-order valence-electron chi connectivity index (χ1n) is 9.41. The van der Waals surface area contributed by atoms with Gasteiger partial charge in [0.1, 0.15) is 0 Å². The Kier molecular flexibility index (Phi) is 5.07. The number of aryl methyl sites for hydroxylation is 1. The Morgan fingerprint density at radius 3 is 2.76 bits per heavy atom. The SMILES string of the molecule is C1=Nc2ccccc2N2CCN(CCCCCc3ccncc3)CC12. The van der Waals surface area contributed by atoms with Gasteiger partial charge in [0.15, 0.2) is 0 Å². The predicted octanol–water partition coefficient (Wildman–Crippen LogP) is 3.70. The number of hydrogen-bond donors (Lipinski definition) is 0. The van der Waals surface area contributed by atoms with E-state index in [2.05, 4.69) is 62.4 Å². The molecular formula is C21H26N4. The van der Waals surface area contributed by atoms with Crippen LogP contribution in [-0.2, 0) is 6.42 Å². The minimum Gasteiger partial charge on any atom is -0.359 e. The van der Waals surface area contributed by atoms with Crippen molar-refractivity contribution in [3.05, 3.63) is 54.4 Å².